The molecule has 0 aliphatic heterocycles. The molecule has 6 aromatic carbocycles. The summed E-state index contributed by atoms with van der Waals surface area (Å²) in [7, 11) is 0. The smallest absolute Gasteiger partial charge is 0.131 e. The molecule has 0 unspecified atom stereocenters. The highest BCUT2D eigenvalue weighted by molar-refractivity contribution is 5.87. The van der Waals surface area contributed by atoms with Crippen LogP contribution in [0.25, 0.3) is 44.5 Å². The Morgan fingerprint density at radius 3 is 0.879 bits per heavy atom. The lowest BCUT2D eigenvalue weighted by molar-refractivity contribution is 0.468. The highest BCUT2D eigenvalue weighted by Crippen LogP contribution is 2.47. The maximum Gasteiger partial charge on any atom is 0.131 e. The number of aromatic hydroxyl groups is 4. The Hall–Kier alpha value is -5.88. The van der Waals surface area contributed by atoms with Gasteiger partial charge in [0.15, 0.2) is 0 Å². The van der Waals surface area contributed by atoms with Crippen molar-refractivity contribution >= 4 is 11.4 Å². The minimum atomic E-state index is -0.213. The molecule has 58 heavy (non-hydrogen) atoms. The predicted molar refractivity (Wildman–Crippen MR) is 240 cm³/mol. The van der Waals surface area contributed by atoms with Crippen LogP contribution in [0, 0.1) is 0 Å². The van der Waals surface area contributed by atoms with Crippen LogP contribution in [0.15, 0.2) is 119 Å². The van der Waals surface area contributed by atoms with Crippen LogP contribution in [0.4, 0.5) is 11.4 Å². The number of azo groups is 1. The first-order valence-electron chi connectivity index (χ1n) is 20.0. The van der Waals surface area contributed by atoms with Crippen LogP contribution in [0.1, 0.15) is 105 Å². The molecule has 6 rings (SSSR count). The van der Waals surface area contributed by atoms with Gasteiger partial charge in [0, 0.05) is 33.4 Å². The third kappa shape index (κ3) is 8.82. The van der Waals surface area contributed by atoms with Gasteiger partial charge in [0.05, 0.1) is 11.4 Å². The lowest BCUT2D eigenvalue weighted by atomic mass is 9.81. The van der Waals surface area contributed by atoms with Gasteiger partial charge in [-0.15, -0.1) is 0 Å². The van der Waals surface area contributed by atoms with E-state index in [0.717, 1.165) is 33.4 Å². The maximum absolute atomic E-state index is 11.7. The summed E-state index contributed by atoms with van der Waals surface area (Å²) in [6, 6.07) is 34.4. The van der Waals surface area contributed by atoms with Crippen LogP contribution in [0.5, 0.6) is 23.0 Å². The van der Waals surface area contributed by atoms with Gasteiger partial charge in [0.1, 0.15) is 23.0 Å². The fourth-order valence-corrected chi connectivity index (χ4v) is 6.95. The second-order valence-corrected chi connectivity index (χ2v) is 19.6. The Kier molecular flexibility index (Phi) is 10.9. The van der Waals surface area contributed by atoms with Crippen molar-refractivity contribution in [2.24, 2.45) is 10.2 Å². The number of rotatable bonds is 6. The molecular formula is C52H58N2O4. The fraction of sp³-hybridized carbons (Fsp3) is 0.308. The summed E-state index contributed by atoms with van der Waals surface area (Å²) in [4.78, 5) is 0. The molecule has 0 heterocycles. The summed E-state index contributed by atoms with van der Waals surface area (Å²) in [6.07, 6.45) is 0. The van der Waals surface area contributed by atoms with Crippen LogP contribution < -0.4 is 0 Å². The van der Waals surface area contributed by atoms with Gasteiger partial charge in [-0.3, -0.25) is 0 Å². The van der Waals surface area contributed by atoms with Gasteiger partial charge in [-0.2, -0.15) is 10.2 Å². The minimum absolute atomic E-state index is 0.102. The maximum atomic E-state index is 11.7. The van der Waals surface area contributed by atoms with Crippen molar-refractivity contribution in [2.45, 2.75) is 105 Å². The van der Waals surface area contributed by atoms with E-state index in [9.17, 15) is 20.4 Å². The van der Waals surface area contributed by atoms with E-state index in [1.807, 2.05) is 97.1 Å². The topological polar surface area (TPSA) is 106 Å². The Balaban J connectivity index is 1.31. The Morgan fingerprint density at radius 1 is 0.310 bits per heavy atom. The molecule has 0 atom stereocenters. The number of phenolic OH excluding ortho intramolecular Hbond substituents is 4. The highest BCUT2D eigenvalue weighted by atomic mass is 16.3. The average Bonchev–Trinajstić information content (AvgIpc) is 3.13. The van der Waals surface area contributed by atoms with E-state index in [1.54, 1.807) is 12.1 Å². The van der Waals surface area contributed by atoms with E-state index in [-0.39, 0.29) is 44.7 Å². The molecule has 0 amide bonds. The van der Waals surface area contributed by atoms with E-state index >= 15 is 0 Å². The van der Waals surface area contributed by atoms with E-state index in [0.29, 0.717) is 44.8 Å². The minimum Gasteiger partial charge on any atom is -0.507 e. The van der Waals surface area contributed by atoms with Crippen molar-refractivity contribution < 1.29 is 20.4 Å². The van der Waals surface area contributed by atoms with Crippen molar-refractivity contribution in [3.63, 3.8) is 0 Å². The molecule has 6 aromatic rings. The van der Waals surface area contributed by atoms with E-state index in [1.165, 1.54) is 0 Å². The van der Waals surface area contributed by atoms with Crippen LogP contribution >= 0.6 is 0 Å². The van der Waals surface area contributed by atoms with Crippen molar-refractivity contribution in [3.8, 4) is 67.5 Å². The van der Waals surface area contributed by atoms with E-state index < -0.39 is 0 Å². The predicted octanol–water partition coefficient (Wildman–Crippen LogP) is 14.8. The summed E-state index contributed by atoms with van der Waals surface area (Å²) >= 11 is 0. The molecule has 0 aliphatic carbocycles. The molecule has 0 saturated carbocycles. The zero-order valence-electron chi connectivity index (χ0n) is 36.1. The van der Waals surface area contributed by atoms with E-state index in [2.05, 4.69) is 93.3 Å². The van der Waals surface area contributed by atoms with Crippen LogP contribution in [0.3, 0.4) is 0 Å². The molecule has 4 N–H and O–H groups in total. The molecule has 300 valence electrons. The molecule has 0 fully saturated rings. The summed E-state index contributed by atoms with van der Waals surface area (Å²) < 4.78 is 0. The van der Waals surface area contributed by atoms with Gasteiger partial charge in [-0.1, -0.05) is 119 Å². The summed E-state index contributed by atoms with van der Waals surface area (Å²) in [5.41, 5.74) is 10.1. The zero-order valence-corrected chi connectivity index (χ0v) is 36.1. The molecule has 6 heteroatoms. The zero-order chi connectivity index (χ0) is 42.5. The Labute approximate surface area is 344 Å². The standard InChI is InChI=1S/C52H58N2O4/c1-49(2,3)33-17-23-45(55)41(25-33)43-29-35(51(7,8)9)27-39(47(43)57)31-13-19-37(20-14-31)53-54-38-21-15-32(16-22-38)40-28-36(52(10,11)12)30-44(48(40)58)42-26-34(50(4,5)6)18-24-46(42)56/h13-30,55-58H,1-12H3. The fourth-order valence-electron chi connectivity index (χ4n) is 6.95. The Bertz CT molecular complexity index is 2330. The summed E-state index contributed by atoms with van der Waals surface area (Å²) in [6.45, 7) is 25.6. The third-order valence-electron chi connectivity index (χ3n) is 10.9. The van der Waals surface area contributed by atoms with Crippen molar-refractivity contribution in [3.05, 3.63) is 131 Å². The molecule has 0 radical (unpaired) electrons. The van der Waals surface area contributed by atoms with Crippen LogP contribution in [-0.2, 0) is 21.7 Å². The molecular weight excluding hydrogens is 717 g/mol. The number of hydrogen-bond donors (Lipinski definition) is 4. The number of hydrogen-bond acceptors (Lipinski definition) is 6. The summed E-state index contributed by atoms with van der Waals surface area (Å²) in [5, 5.41) is 54.5. The normalized spacial score (nSPS) is 12.7. The quantitative estimate of drug-likeness (QED) is 0.126. The lowest BCUT2D eigenvalue weighted by Gasteiger charge is -2.24. The number of nitrogens with zero attached hydrogens (tertiary/aromatic N) is 2. The molecule has 6 nitrogen and oxygen atoms in total. The van der Waals surface area contributed by atoms with Gasteiger partial charge in [0.25, 0.3) is 0 Å². The van der Waals surface area contributed by atoms with Crippen molar-refractivity contribution in [2.75, 3.05) is 0 Å². The van der Waals surface area contributed by atoms with Crippen molar-refractivity contribution in [1.82, 2.24) is 0 Å². The third-order valence-corrected chi connectivity index (χ3v) is 10.9. The van der Waals surface area contributed by atoms with E-state index in [4.69, 9.17) is 0 Å². The number of benzene rings is 6. The molecule has 0 saturated heterocycles. The van der Waals surface area contributed by atoms with Gasteiger partial charge in [-0.05, 0) is 128 Å². The molecule has 0 spiro atoms. The molecule has 0 bridgehead atoms. The highest BCUT2D eigenvalue weighted by Gasteiger charge is 2.25. The van der Waals surface area contributed by atoms with Crippen LogP contribution in [0.2, 0.25) is 0 Å². The number of phenols is 4. The van der Waals surface area contributed by atoms with Crippen LogP contribution in [-0.4, -0.2) is 20.4 Å². The second kappa shape index (κ2) is 15.1. The second-order valence-electron chi connectivity index (χ2n) is 19.6. The van der Waals surface area contributed by atoms with Gasteiger partial charge >= 0.3 is 0 Å². The van der Waals surface area contributed by atoms with Gasteiger partial charge in [0.2, 0.25) is 0 Å². The Morgan fingerprint density at radius 2 is 0.586 bits per heavy atom. The SMILES string of the molecule is CC(C)(C)c1ccc(O)c(-c2cc(C(C)(C)C)cc(-c3ccc(N=Nc4ccc(-c5cc(C(C)(C)C)cc(-c6cc(C(C)(C)C)ccc6O)c5O)cc4)cc3)c2O)c1. The molecule has 0 aromatic heterocycles. The van der Waals surface area contributed by atoms with Gasteiger partial charge in [-0.25, -0.2) is 0 Å². The summed E-state index contributed by atoms with van der Waals surface area (Å²) in [5.74, 6) is 0.438. The average molecular weight is 775 g/mol. The van der Waals surface area contributed by atoms with Crippen molar-refractivity contribution in [1.29, 1.82) is 0 Å². The molecule has 0 aliphatic rings. The first-order valence-corrected chi connectivity index (χ1v) is 20.0. The largest absolute Gasteiger partial charge is 0.507 e. The first kappa shape index (κ1) is 41.7. The lowest BCUT2D eigenvalue weighted by Crippen LogP contribution is -2.12. The first-order chi connectivity index (χ1) is 26.9. The monoisotopic (exact) mass is 774 g/mol. The van der Waals surface area contributed by atoms with Gasteiger partial charge < -0.3 is 20.4 Å².